The average molecular weight is 454 g/mol. The largest absolute Gasteiger partial charge is 0.416 e. The second-order valence-corrected chi connectivity index (χ2v) is 8.99. The fraction of sp³-hybridized carbons (Fsp3) is 0.476. The van der Waals surface area contributed by atoms with Crippen LogP contribution >= 0.6 is 0 Å². The minimum atomic E-state index is -4.50. The molecule has 4 rings (SSSR count). The second kappa shape index (κ2) is 7.56. The van der Waals surface area contributed by atoms with Gasteiger partial charge in [0.2, 0.25) is 5.95 Å². The Kier molecular flexibility index (Phi) is 5.25. The highest BCUT2D eigenvalue weighted by Gasteiger charge is 2.40. The highest BCUT2D eigenvalue weighted by Crippen LogP contribution is 2.35. The van der Waals surface area contributed by atoms with Crippen molar-refractivity contribution in [2.75, 3.05) is 23.3 Å². The number of imidazole rings is 1. The Morgan fingerprint density at radius 3 is 2.44 bits per heavy atom. The van der Waals surface area contributed by atoms with Crippen LogP contribution in [0.5, 0.6) is 0 Å². The SMILES string of the molecule is CC(C)(C)Nc1nc(N2CCC(F)(F)C2)c2[nH]c(Cc3ccccc3C(F)(F)F)nc2n1. The summed E-state index contributed by atoms with van der Waals surface area (Å²) >= 11 is 0. The Bertz CT molecular complexity index is 1130. The molecule has 0 amide bonds. The molecule has 0 spiro atoms. The summed E-state index contributed by atoms with van der Waals surface area (Å²) in [6.45, 7) is 5.29. The fourth-order valence-electron chi connectivity index (χ4n) is 3.68. The molecule has 1 saturated heterocycles. The lowest BCUT2D eigenvalue weighted by Gasteiger charge is -2.22. The Morgan fingerprint density at radius 2 is 1.81 bits per heavy atom. The van der Waals surface area contributed by atoms with Gasteiger partial charge in [0.05, 0.1) is 12.1 Å². The molecule has 1 aromatic carbocycles. The number of aromatic nitrogens is 4. The van der Waals surface area contributed by atoms with E-state index in [1.165, 1.54) is 23.1 Å². The van der Waals surface area contributed by atoms with Gasteiger partial charge in [0.15, 0.2) is 11.5 Å². The summed E-state index contributed by atoms with van der Waals surface area (Å²) in [5.74, 6) is -2.14. The molecule has 0 saturated carbocycles. The molecule has 11 heteroatoms. The molecule has 0 unspecified atom stereocenters. The normalized spacial score (nSPS) is 16.7. The summed E-state index contributed by atoms with van der Waals surface area (Å²) in [6.07, 6.45) is -4.93. The summed E-state index contributed by atoms with van der Waals surface area (Å²) < 4.78 is 67.8. The number of H-pyrrole nitrogens is 1. The quantitative estimate of drug-likeness (QED) is 0.542. The molecule has 0 bridgehead atoms. The van der Waals surface area contributed by atoms with Crippen molar-refractivity contribution in [2.24, 2.45) is 0 Å². The Morgan fingerprint density at radius 1 is 1.09 bits per heavy atom. The minimum absolute atomic E-state index is 0.0503. The number of fused-ring (bicyclic) bond motifs is 1. The van der Waals surface area contributed by atoms with Gasteiger partial charge < -0.3 is 15.2 Å². The van der Waals surface area contributed by atoms with Crippen molar-refractivity contribution < 1.29 is 22.0 Å². The Balaban J connectivity index is 1.77. The maximum absolute atomic E-state index is 13.9. The highest BCUT2D eigenvalue weighted by molar-refractivity contribution is 5.85. The summed E-state index contributed by atoms with van der Waals surface area (Å²) in [4.78, 5) is 17.6. The van der Waals surface area contributed by atoms with E-state index in [0.717, 1.165) is 6.07 Å². The standard InChI is InChI=1S/C21H23F5N6/c1-19(2,3)31-18-29-16-15(17(30-18)32-9-8-20(22,23)11-32)27-14(28-16)10-12-6-4-5-7-13(12)21(24,25)26/h4-7H,8-11H2,1-3H3,(H2,27,28,29,30,31). The van der Waals surface area contributed by atoms with E-state index < -0.39 is 29.7 Å². The summed E-state index contributed by atoms with van der Waals surface area (Å²) in [5.41, 5.74) is -0.571. The van der Waals surface area contributed by atoms with Gasteiger partial charge >= 0.3 is 6.18 Å². The number of hydrogen-bond acceptors (Lipinski definition) is 5. The summed E-state index contributed by atoms with van der Waals surface area (Å²) in [5, 5.41) is 3.11. The predicted molar refractivity (Wildman–Crippen MR) is 111 cm³/mol. The van der Waals surface area contributed by atoms with Crippen LogP contribution < -0.4 is 10.2 Å². The molecular weight excluding hydrogens is 431 g/mol. The molecule has 0 atom stereocenters. The lowest BCUT2D eigenvalue weighted by molar-refractivity contribution is -0.138. The van der Waals surface area contributed by atoms with Gasteiger partial charge in [0, 0.05) is 24.9 Å². The molecular formula is C21H23F5N6. The minimum Gasteiger partial charge on any atom is -0.350 e. The van der Waals surface area contributed by atoms with Gasteiger partial charge in [-0.25, -0.2) is 13.8 Å². The molecule has 1 aliphatic rings. The summed E-state index contributed by atoms with van der Waals surface area (Å²) in [7, 11) is 0. The number of alkyl halides is 5. The van der Waals surface area contributed by atoms with E-state index in [-0.39, 0.29) is 48.2 Å². The molecule has 6 nitrogen and oxygen atoms in total. The van der Waals surface area contributed by atoms with Gasteiger partial charge in [-0.15, -0.1) is 0 Å². The Labute approximate surface area is 181 Å². The van der Waals surface area contributed by atoms with E-state index in [9.17, 15) is 22.0 Å². The van der Waals surface area contributed by atoms with Crippen molar-refractivity contribution in [3.05, 3.63) is 41.2 Å². The second-order valence-electron chi connectivity index (χ2n) is 8.99. The predicted octanol–water partition coefficient (Wildman–Crippen LogP) is 5.02. The van der Waals surface area contributed by atoms with E-state index >= 15 is 0 Å². The molecule has 32 heavy (non-hydrogen) atoms. The van der Waals surface area contributed by atoms with Crippen LogP contribution in [0.3, 0.4) is 0 Å². The van der Waals surface area contributed by atoms with Crippen LogP contribution in [-0.2, 0) is 12.6 Å². The van der Waals surface area contributed by atoms with Crippen molar-refractivity contribution in [1.29, 1.82) is 0 Å². The molecule has 172 valence electrons. The first-order valence-electron chi connectivity index (χ1n) is 10.1. The van der Waals surface area contributed by atoms with E-state index in [0.29, 0.717) is 5.52 Å². The van der Waals surface area contributed by atoms with Crippen molar-refractivity contribution in [2.45, 2.75) is 51.3 Å². The van der Waals surface area contributed by atoms with Gasteiger partial charge in [-0.1, -0.05) is 18.2 Å². The van der Waals surface area contributed by atoms with E-state index in [4.69, 9.17) is 0 Å². The van der Waals surface area contributed by atoms with Gasteiger partial charge in [0.1, 0.15) is 11.3 Å². The topological polar surface area (TPSA) is 69.7 Å². The lowest BCUT2D eigenvalue weighted by Crippen LogP contribution is -2.29. The zero-order valence-electron chi connectivity index (χ0n) is 17.8. The molecule has 3 aromatic rings. The summed E-state index contributed by atoms with van der Waals surface area (Å²) in [6, 6.07) is 5.25. The smallest absolute Gasteiger partial charge is 0.350 e. The number of halogens is 5. The maximum Gasteiger partial charge on any atom is 0.416 e. The average Bonchev–Trinajstić information content (AvgIpc) is 3.21. The van der Waals surface area contributed by atoms with E-state index in [1.54, 1.807) is 0 Å². The number of hydrogen-bond donors (Lipinski definition) is 2. The first kappa shape index (κ1) is 22.2. The third-order valence-electron chi connectivity index (χ3n) is 5.02. The first-order chi connectivity index (χ1) is 14.8. The number of anilines is 2. The number of aromatic amines is 1. The van der Waals surface area contributed by atoms with Crippen molar-refractivity contribution >= 4 is 22.9 Å². The van der Waals surface area contributed by atoms with E-state index in [1.807, 2.05) is 20.8 Å². The number of nitrogens with one attached hydrogen (secondary N) is 2. The monoisotopic (exact) mass is 454 g/mol. The van der Waals surface area contributed by atoms with Crippen LogP contribution in [-0.4, -0.2) is 44.5 Å². The van der Waals surface area contributed by atoms with Gasteiger partial charge in [0.25, 0.3) is 5.92 Å². The number of benzene rings is 1. The van der Waals surface area contributed by atoms with Crippen LogP contribution in [0, 0.1) is 0 Å². The third-order valence-corrected chi connectivity index (χ3v) is 5.02. The van der Waals surface area contributed by atoms with Crippen molar-refractivity contribution in [3.63, 3.8) is 0 Å². The molecule has 2 N–H and O–H groups in total. The Hall–Kier alpha value is -2.98. The zero-order valence-corrected chi connectivity index (χ0v) is 17.8. The number of nitrogens with zero attached hydrogens (tertiary/aromatic N) is 4. The highest BCUT2D eigenvalue weighted by atomic mass is 19.4. The first-order valence-corrected chi connectivity index (χ1v) is 10.1. The van der Waals surface area contributed by atoms with Crippen LogP contribution in [0.1, 0.15) is 44.1 Å². The number of rotatable bonds is 4. The maximum atomic E-state index is 13.9. The van der Waals surface area contributed by atoms with Crippen LogP contribution in [0.4, 0.5) is 33.7 Å². The lowest BCUT2D eigenvalue weighted by atomic mass is 10.0. The van der Waals surface area contributed by atoms with Crippen molar-refractivity contribution in [1.82, 2.24) is 19.9 Å². The molecule has 1 fully saturated rings. The molecule has 3 heterocycles. The van der Waals surface area contributed by atoms with Gasteiger partial charge in [-0.2, -0.15) is 23.1 Å². The van der Waals surface area contributed by atoms with Crippen LogP contribution in [0.15, 0.2) is 24.3 Å². The van der Waals surface area contributed by atoms with Crippen LogP contribution in [0.2, 0.25) is 0 Å². The third kappa shape index (κ3) is 4.76. The van der Waals surface area contributed by atoms with Gasteiger partial charge in [-0.3, -0.25) is 0 Å². The molecule has 0 radical (unpaired) electrons. The molecule has 2 aromatic heterocycles. The van der Waals surface area contributed by atoms with Crippen LogP contribution in [0.25, 0.3) is 11.2 Å². The molecule has 0 aliphatic carbocycles. The fourth-order valence-corrected chi connectivity index (χ4v) is 3.68. The van der Waals surface area contributed by atoms with Crippen molar-refractivity contribution in [3.8, 4) is 0 Å². The molecule has 1 aliphatic heterocycles. The van der Waals surface area contributed by atoms with E-state index in [2.05, 4.69) is 25.3 Å². The van der Waals surface area contributed by atoms with Gasteiger partial charge in [-0.05, 0) is 32.4 Å². The zero-order chi connectivity index (χ0) is 23.3.